The molecule has 1 atom stereocenters. The summed E-state index contributed by atoms with van der Waals surface area (Å²) in [6, 6.07) is 10.0. The molecule has 0 radical (unpaired) electrons. The van der Waals surface area contributed by atoms with Gasteiger partial charge in [-0.25, -0.2) is 0 Å². The Kier molecular flexibility index (Phi) is 2.12. The molecular formula is C12H13NO. The van der Waals surface area contributed by atoms with Gasteiger partial charge in [-0.1, -0.05) is 30.3 Å². The Bertz CT molecular complexity index is 369. The molecule has 0 amide bonds. The molecule has 1 unspecified atom stereocenters. The number of hydrogen-bond acceptors (Lipinski definition) is 2. The van der Waals surface area contributed by atoms with E-state index in [0.717, 1.165) is 5.56 Å². The van der Waals surface area contributed by atoms with Gasteiger partial charge in [0.25, 0.3) is 0 Å². The highest BCUT2D eigenvalue weighted by atomic mass is 16.1. The van der Waals surface area contributed by atoms with Crippen LogP contribution in [0.4, 0.5) is 0 Å². The molecule has 14 heavy (non-hydrogen) atoms. The van der Waals surface area contributed by atoms with Gasteiger partial charge in [0.1, 0.15) is 0 Å². The Morgan fingerprint density at radius 1 is 1.29 bits per heavy atom. The first kappa shape index (κ1) is 9.00. The van der Waals surface area contributed by atoms with Crippen LogP contribution in [0.3, 0.4) is 0 Å². The average molecular weight is 187 g/mol. The number of hydrogen-bond donors (Lipinski definition) is 1. The highest BCUT2D eigenvalue weighted by molar-refractivity contribution is 5.91. The van der Waals surface area contributed by atoms with E-state index in [1.165, 1.54) is 0 Å². The van der Waals surface area contributed by atoms with E-state index >= 15 is 0 Å². The molecule has 0 spiro atoms. The Hall–Kier alpha value is -1.57. The van der Waals surface area contributed by atoms with Crippen molar-refractivity contribution in [1.82, 2.24) is 5.32 Å². The lowest BCUT2D eigenvalue weighted by molar-refractivity contribution is -0.116. The minimum atomic E-state index is -0.243. The molecule has 0 saturated carbocycles. The number of carbonyl (C=O) groups excluding carboxylic acids is 1. The van der Waals surface area contributed by atoms with Crippen molar-refractivity contribution in [3.63, 3.8) is 0 Å². The monoisotopic (exact) mass is 187 g/mol. The normalized spacial score (nSPS) is 25.9. The van der Waals surface area contributed by atoms with Crippen LogP contribution in [0.25, 0.3) is 0 Å². The molecule has 0 bridgehead atoms. The predicted molar refractivity (Wildman–Crippen MR) is 55.7 cm³/mol. The van der Waals surface area contributed by atoms with Crippen LogP contribution < -0.4 is 5.32 Å². The molecule has 0 fully saturated rings. The Morgan fingerprint density at radius 2 is 2.00 bits per heavy atom. The molecule has 2 rings (SSSR count). The van der Waals surface area contributed by atoms with Crippen molar-refractivity contribution in [3.05, 3.63) is 48.2 Å². The van der Waals surface area contributed by atoms with Crippen LogP contribution in [0.2, 0.25) is 0 Å². The number of allylic oxidation sites excluding steroid dienone is 1. The van der Waals surface area contributed by atoms with Crippen LogP contribution in [0.1, 0.15) is 18.9 Å². The third-order valence-corrected chi connectivity index (χ3v) is 2.61. The SMILES string of the molecule is CC1(c2ccccc2)CC(=O)C=CN1. The van der Waals surface area contributed by atoms with Crippen LogP contribution in [0.5, 0.6) is 0 Å². The molecule has 72 valence electrons. The quantitative estimate of drug-likeness (QED) is 0.728. The molecule has 2 nitrogen and oxygen atoms in total. The van der Waals surface area contributed by atoms with E-state index in [1.807, 2.05) is 37.3 Å². The van der Waals surface area contributed by atoms with E-state index < -0.39 is 0 Å². The van der Waals surface area contributed by atoms with Gasteiger partial charge in [-0.3, -0.25) is 4.79 Å². The third kappa shape index (κ3) is 1.55. The van der Waals surface area contributed by atoms with E-state index in [4.69, 9.17) is 0 Å². The average Bonchev–Trinajstić information content (AvgIpc) is 2.19. The summed E-state index contributed by atoms with van der Waals surface area (Å²) in [5, 5.41) is 3.24. The standard InChI is InChI=1S/C12H13NO/c1-12(9-11(14)7-8-13-12)10-5-3-2-4-6-10/h2-8,13H,9H2,1H3. The molecular weight excluding hydrogens is 174 g/mol. The fraction of sp³-hybridized carbons (Fsp3) is 0.250. The summed E-state index contributed by atoms with van der Waals surface area (Å²) < 4.78 is 0. The first-order valence-corrected chi connectivity index (χ1v) is 4.73. The smallest absolute Gasteiger partial charge is 0.159 e. The van der Waals surface area contributed by atoms with Crippen molar-refractivity contribution >= 4 is 5.78 Å². The first-order valence-electron chi connectivity index (χ1n) is 4.73. The number of carbonyl (C=O) groups is 1. The van der Waals surface area contributed by atoms with Gasteiger partial charge in [0, 0.05) is 12.6 Å². The molecule has 1 heterocycles. The van der Waals surface area contributed by atoms with Gasteiger partial charge in [-0.05, 0) is 18.6 Å². The van der Waals surface area contributed by atoms with Crippen molar-refractivity contribution in [2.75, 3.05) is 0 Å². The molecule has 1 aliphatic rings. The highest BCUT2D eigenvalue weighted by Crippen LogP contribution is 2.26. The van der Waals surface area contributed by atoms with E-state index in [2.05, 4.69) is 5.32 Å². The van der Waals surface area contributed by atoms with Crippen molar-refractivity contribution in [1.29, 1.82) is 0 Å². The van der Waals surface area contributed by atoms with Crippen LogP contribution in [0, 0.1) is 0 Å². The zero-order valence-electron chi connectivity index (χ0n) is 8.16. The Morgan fingerprint density at radius 3 is 2.64 bits per heavy atom. The molecule has 1 N–H and O–H groups in total. The molecule has 1 aromatic carbocycles. The second-order valence-electron chi connectivity index (χ2n) is 3.82. The fourth-order valence-electron chi connectivity index (χ4n) is 1.77. The van der Waals surface area contributed by atoms with E-state index in [9.17, 15) is 4.79 Å². The van der Waals surface area contributed by atoms with Gasteiger partial charge in [0.05, 0.1) is 5.54 Å². The van der Waals surface area contributed by atoms with Gasteiger partial charge >= 0.3 is 0 Å². The van der Waals surface area contributed by atoms with Gasteiger partial charge in [-0.2, -0.15) is 0 Å². The predicted octanol–water partition coefficient (Wildman–Crippen LogP) is 1.98. The van der Waals surface area contributed by atoms with E-state index in [0.29, 0.717) is 6.42 Å². The van der Waals surface area contributed by atoms with E-state index in [-0.39, 0.29) is 11.3 Å². The second-order valence-corrected chi connectivity index (χ2v) is 3.82. The molecule has 1 aliphatic heterocycles. The van der Waals surface area contributed by atoms with E-state index in [1.54, 1.807) is 12.3 Å². The maximum Gasteiger partial charge on any atom is 0.159 e. The molecule has 0 aliphatic carbocycles. The second kappa shape index (κ2) is 3.29. The highest BCUT2D eigenvalue weighted by Gasteiger charge is 2.29. The van der Waals surface area contributed by atoms with Crippen LogP contribution in [0.15, 0.2) is 42.6 Å². The summed E-state index contributed by atoms with van der Waals surface area (Å²) in [6.45, 7) is 2.05. The summed E-state index contributed by atoms with van der Waals surface area (Å²) in [7, 11) is 0. The Labute approximate surface area is 83.6 Å². The van der Waals surface area contributed by atoms with Crippen molar-refractivity contribution in [3.8, 4) is 0 Å². The van der Waals surface area contributed by atoms with Gasteiger partial charge in [-0.15, -0.1) is 0 Å². The number of rotatable bonds is 1. The zero-order chi connectivity index (χ0) is 10.0. The maximum atomic E-state index is 11.3. The molecule has 0 saturated heterocycles. The molecule has 1 aromatic rings. The van der Waals surface area contributed by atoms with Crippen LogP contribution >= 0.6 is 0 Å². The summed E-state index contributed by atoms with van der Waals surface area (Å²) in [4.78, 5) is 11.3. The zero-order valence-corrected chi connectivity index (χ0v) is 8.16. The summed E-state index contributed by atoms with van der Waals surface area (Å²) >= 11 is 0. The minimum absolute atomic E-state index is 0.176. The summed E-state index contributed by atoms with van der Waals surface area (Å²) in [5.41, 5.74) is 0.908. The summed E-state index contributed by atoms with van der Waals surface area (Å²) in [5.74, 6) is 0.176. The van der Waals surface area contributed by atoms with Crippen molar-refractivity contribution < 1.29 is 4.79 Å². The largest absolute Gasteiger partial charge is 0.381 e. The van der Waals surface area contributed by atoms with Crippen molar-refractivity contribution in [2.24, 2.45) is 0 Å². The van der Waals surface area contributed by atoms with Crippen LogP contribution in [-0.2, 0) is 10.3 Å². The van der Waals surface area contributed by atoms with Gasteiger partial charge in [0.2, 0.25) is 0 Å². The molecule has 2 heteroatoms. The Balaban J connectivity index is 2.34. The number of benzene rings is 1. The lowest BCUT2D eigenvalue weighted by atomic mass is 9.85. The third-order valence-electron chi connectivity index (χ3n) is 2.61. The first-order chi connectivity index (χ1) is 6.71. The van der Waals surface area contributed by atoms with Gasteiger partial charge < -0.3 is 5.32 Å². The number of ketones is 1. The van der Waals surface area contributed by atoms with Crippen LogP contribution in [-0.4, -0.2) is 5.78 Å². The molecule has 0 aromatic heterocycles. The van der Waals surface area contributed by atoms with Gasteiger partial charge in [0.15, 0.2) is 5.78 Å². The lowest BCUT2D eigenvalue weighted by Gasteiger charge is -2.32. The minimum Gasteiger partial charge on any atom is -0.381 e. The topological polar surface area (TPSA) is 29.1 Å². The summed E-state index contributed by atoms with van der Waals surface area (Å²) in [6.07, 6.45) is 3.84. The lowest BCUT2D eigenvalue weighted by Crippen LogP contribution is -2.40. The number of nitrogens with one attached hydrogen (secondary N) is 1. The maximum absolute atomic E-state index is 11.3. The fourth-order valence-corrected chi connectivity index (χ4v) is 1.77. The van der Waals surface area contributed by atoms with Crippen molar-refractivity contribution in [2.45, 2.75) is 18.9 Å².